The van der Waals surface area contributed by atoms with E-state index >= 15 is 0 Å². The first kappa shape index (κ1) is 17.1. The molecular formula is C15H18Cl2N2O3. The zero-order valence-corrected chi connectivity index (χ0v) is 13.7. The summed E-state index contributed by atoms with van der Waals surface area (Å²) in [4.78, 5) is 24.9. The zero-order chi connectivity index (χ0) is 16.3. The molecule has 120 valence electrons. The van der Waals surface area contributed by atoms with Gasteiger partial charge in [0.05, 0.1) is 22.6 Å². The zero-order valence-electron chi connectivity index (χ0n) is 12.2. The molecule has 1 unspecified atom stereocenters. The molecule has 0 saturated carbocycles. The van der Waals surface area contributed by atoms with Crippen LogP contribution in [0.2, 0.25) is 10.0 Å². The van der Waals surface area contributed by atoms with E-state index in [2.05, 4.69) is 5.32 Å². The van der Waals surface area contributed by atoms with Crippen molar-refractivity contribution in [2.75, 3.05) is 13.1 Å². The molecule has 1 aromatic rings. The molecule has 1 aliphatic rings. The minimum absolute atomic E-state index is 0.0859. The standard InChI is InChI=1S/C15H18Cl2N2O3/c1-9(10-4-5-11(16)12(17)7-10)18-14(20)8-19-6-2-3-13(19)15(21)22/h4-5,7,9,13H,2-3,6,8H2,1H3,(H,18,20)(H,21,22)/t9?,13-/m1/s1. The van der Waals surface area contributed by atoms with Crippen molar-refractivity contribution >= 4 is 35.1 Å². The van der Waals surface area contributed by atoms with Gasteiger partial charge >= 0.3 is 5.97 Å². The first-order valence-electron chi connectivity index (χ1n) is 7.09. The van der Waals surface area contributed by atoms with Crippen molar-refractivity contribution in [2.24, 2.45) is 0 Å². The third kappa shape index (κ3) is 4.12. The molecule has 0 bridgehead atoms. The Morgan fingerprint density at radius 1 is 1.41 bits per heavy atom. The summed E-state index contributed by atoms with van der Waals surface area (Å²) in [5.74, 6) is -1.07. The van der Waals surface area contributed by atoms with Crippen molar-refractivity contribution < 1.29 is 14.7 Å². The molecule has 0 spiro atoms. The molecule has 22 heavy (non-hydrogen) atoms. The largest absolute Gasteiger partial charge is 0.480 e. The van der Waals surface area contributed by atoms with Crippen LogP contribution in [0.1, 0.15) is 31.4 Å². The molecule has 2 atom stereocenters. The van der Waals surface area contributed by atoms with E-state index in [9.17, 15) is 9.59 Å². The maximum Gasteiger partial charge on any atom is 0.320 e. The van der Waals surface area contributed by atoms with E-state index in [-0.39, 0.29) is 18.5 Å². The van der Waals surface area contributed by atoms with Gasteiger partial charge in [0.15, 0.2) is 0 Å². The second-order valence-electron chi connectivity index (χ2n) is 5.43. The summed E-state index contributed by atoms with van der Waals surface area (Å²) in [5, 5.41) is 12.9. The number of aliphatic carboxylic acids is 1. The van der Waals surface area contributed by atoms with Crippen molar-refractivity contribution in [3.63, 3.8) is 0 Å². The van der Waals surface area contributed by atoms with Crippen LogP contribution in [0, 0.1) is 0 Å². The molecule has 2 rings (SSSR count). The van der Waals surface area contributed by atoms with E-state index in [0.717, 1.165) is 12.0 Å². The Hall–Kier alpha value is -1.30. The lowest BCUT2D eigenvalue weighted by Gasteiger charge is -2.22. The predicted molar refractivity (Wildman–Crippen MR) is 85.3 cm³/mol. The summed E-state index contributed by atoms with van der Waals surface area (Å²) in [5.41, 5.74) is 0.846. The average molecular weight is 345 g/mol. The second kappa shape index (κ2) is 7.31. The molecule has 0 aromatic heterocycles. The van der Waals surface area contributed by atoms with Crippen LogP contribution in [0.4, 0.5) is 0 Å². The molecule has 1 aromatic carbocycles. The monoisotopic (exact) mass is 344 g/mol. The molecule has 2 N–H and O–H groups in total. The predicted octanol–water partition coefficient (Wildman–Crippen LogP) is 2.72. The van der Waals surface area contributed by atoms with Crippen LogP contribution in [0.15, 0.2) is 18.2 Å². The lowest BCUT2D eigenvalue weighted by atomic mass is 10.1. The number of carbonyl (C=O) groups excluding carboxylic acids is 1. The van der Waals surface area contributed by atoms with Crippen molar-refractivity contribution in [1.82, 2.24) is 10.2 Å². The Balaban J connectivity index is 1.93. The highest BCUT2D eigenvalue weighted by molar-refractivity contribution is 6.42. The van der Waals surface area contributed by atoms with E-state index in [1.54, 1.807) is 23.1 Å². The number of halogens is 2. The number of carboxylic acid groups (broad SMARTS) is 1. The van der Waals surface area contributed by atoms with Gasteiger partial charge in [-0.25, -0.2) is 0 Å². The smallest absolute Gasteiger partial charge is 0.320 e. The number of nitrogens with one attached hydrogen (secondary N) is 1. The fourth-order valence-corrected chi connectivity index (χ4v) is 2.94. The average Bonchev–Trinajstić information content (AvgIpc) is 2.89. The normalized spacial score (nSPS) is 19.9. The minimum atomic E-state index is -0.872. The highest BCUT2D eigenvalue weighted by Gasteiger charge is 2.31. The van der Waals surface area contributed by atoms with Crippen molar-refractivity contribution in [3.8, 4) is 0 Å². The van der Waals surface area contributed by atoms with Gasteiger partial charge in [0.25, 0.3) is 0 Å². The Bertz CT molecular complexity index is 580. The number of rotatable bonds is 5. The molecule has 1 aliphatic heterocycles. The second-order valence-corrected chi connectivity index (χ2v) is 6.24. The van der Waals surface area contributed by atoms with Crippen molar-refractivity contribution in [3.05, 3.63) is 33.8 Å². The van der Waals surface area contributed by atoms with Crippen LogP contribution < -0.4 is 5.32 Å². The summed E-state index contributed by atoms with van der Waals surface area (Å²) < 4.78 is 0. The SMILES string of the molecule is CC(NC(=O)CN1CCC[C@@H]1C(=O)O)c1ccc(Cl)c(Cl)c1. The first-order valence-corrected chi connectivity index (χ1v) is 7.85. The van der Waals surface area contributed by atoms with Gasteiger partial charge in [-0.05, 0) is 44.0 Å². The summed E-state index contributed by atoms with van der Waals surface area (Å²) in [6.45, 7) is 2.56. The maximum atomic E-state index is 12.1. The first-order chi connectivity index (χ1) is 10.4. The van der Waals surface area contributed by atoms with Gasteiger partial charge in [-0.1, -0.05) is 29.3 Å². The van der Waals surface area contributed by atoms with Crippen LogP contribution in [-0.2, 0) is 9.59 Å². The Morgan fingerprint density at radius 3 is 2.77 bits per heavy atom. The van der Waals surface area contributed by atoms with E-state index in [4.69, 9.17) is 28.3 Å². The number of hydrogen-bond donors (Lipinski definition) is 2. The van der Waals surface area contributed by atoms with E-state index in [0.29, 0.717) is 23.0 Å². The summed E-state index contributed by atoms with van der Waals surface area (Å²) >= 11 is 11.8. The van der Waals surface area contributed by atoms with Gasteiger partial charge in [-0.2, -0.15) is 0 Å². The molecule has 1 heterocycles. The molecule has 1 amide bonds. The number of likely N-dealkylation sites (tertiary alicyclic amines) is 1. The molecule has 1 saturated heterocycles. The topological polar surface area (TPSA) is 69.6 Å². The Morgan fingerprint density at radius 2 is 2.14 bits per heavy atom. The Labute approximate surface area is 139 Å². The highest BCUT2D eigenvalue weighted by Crippen LogP contribution is 2.25. The lowest BCUT2D eigenvalue weighted by molar-refractivity contribution is -0.142. The molecule has 7 heteroatoms. The number of hydrogen-bond acceptors (Lipinski definition) is 3. The minimum Gasteiger partial charge on any atom is -0.480 e. The molecular weight excluding hydrogens is 327 g/mol. The van der Waals surface area contributed by atoms with Crippen LogP contribution in [-0.4, -0.2) is 41.0 Å². The van der Waals surface area contributed by atoms with Gasteiger partial charge in [0, 0.05) is 0 Å². The number of carboxylic acids is 1. The van der Waals surface area contributed by atoms with Crippen molar-refractivity contribution in [1.29, 1.82) is 0 Å². The number of benzene rings is 1. The molecule has 1 fully saturated rings. The summed E-state index contributed by atoms with van der Waals surface area (Å²) in [6.07, 6.45) is 1.39. The fraction of sp³-hybridized carbons (Fsp3) is 0.467. The maximum absolute atomic E-state index is 12.1. The quantitative estimate of drug-likeness (QED) is 0.861. The van der Waals surface area contributed by atoms with Gasteiger partial charge in [-0.15, -0.1) is 0 Å². The van der Waals surface area contributed by atoms with Crippen LogP contribution >= 0.6 is 23.2 Å². The van der Waals surface area contributed by atoms with Gasteiger partial charge < -0.3 is 10.4 Å². The molecule has 0 radical (unpaired) electrons. The van der Waals surface area contributed by atoms with Crippen LogP contribution in [0.3, 0.4) is 0 Å². The third-order valence-corrected chi connectivity index (χ3v) is 4.56. The van der Waals surface area contributed by atoms with Crippen LogP contribution in [0.25, 0.3) is 0 Å². The highest BCUT2D eigenvalue weighted by atomic mass is 35.5. The number of carbonyl (C=O) groups is 2. The van der Waals surface area contributed by atoms with Crippen molar-refractivity contribution in [2.45, 2.75) is 31.8 Å². The summed E-state index contributed by atoms with van der Waals surface area (Å²) in [6, 6.07) is 4.40. The molecule has 0 aliphatic carbocycles. The summed E-state index contributed by atoms with van der Waals surface area (Å²) in [7, 11) is 0. The lowest BCUT2D eigenvalue weighted by Crippen LogP contribution is -2.43. The third-order valence-electron chi connectivity index (χ3n) is 3.82. The van der Waals surface area contributed by atoms with Crippen LogP contribution in [0.5, 0.6) is 0 Å². The van der Waals surface area contributed by atoms with Gasteiger partial charge in [0.2, 0.25) is 5.91 Å². The van der Waals surface area contributed by atoms with Gasteiger partial charge in [-0.3, -0.25) is 14.5 Å². The number of amides is 1. The van der Waals surface area contributed by atoms with E-state index < -0.39 is 12.0 Å². The number of nitrogens with zero attached hydrogens (tertiary/aromatic N) is 1. The van der Waals surface area contributed by atoms with Gasteiger partial charge in [0.1, 0.15) is 6.04 Å². The van der Waals surface area contributed by atoms with E-state index in [1.807, 2.05) is 6.92 Å². The Kier molecular flexibility index (Phi) is 5.67. The fourth-order valence-electron chi connectivity index (χ4n) is 2.63. The molecule has 5 nitrogen and oxygen atoms in total. The van der Waals surface area contributed by atoms with E-state index in [1.165, 1.54) is 0 Å².